The SMILES string of the molecule is COCCCCc1c(C(=O)N(CC(C)C)[C@H]2C[C@@H](C(=O)O)CN(C(=O)OC(C)(C)C)C2)nnn1-c1ccccc1C. The number of likely N-dealkylation sites (tertiary alicyclic amines) is 1. The topological polar surface area (TPSA) is 127 Å². The highest BCUT2D eigenvalue weighted by Gasteiger charge is 2.40. The first kappa shape index (κ1) is 32.0. The van der Waals surface area contributed by atoms with Crippen LogP contribution in [0.25, 0.3) is 5.69 Å². The average molecular weight is 572 g/mol. The Labute approximate surface area is 242 Å². The van der Waals surface area contributed by atoms with Crippen LogP contribution in [0.4, 0.5) is 4.79 Å². The van der Waals surface area contributed by atoms with Gasteiger partial charge in [-0.25, -0.2) is 9.48 Å². The number of para-hydroxylation sites is 1. The van der Waals surface area contributed by atoms with E-state index in [1.165, 1.54) is 4.90 Å². The summed E-state index contributed by atoms with van der Waals surface area (Å²) in [6.45, 7) is 12.5. The molecule has 0 bridgehead atoms. The van der Waals surface area contributed by atoms with Crippen LogP contribution in [0.2, 0.25) is 0 Å². The Morgan fingerprint density at radius 1 is 1.15 bits per heavy atom. The molecular formula is C30H45N5O6. The molecule has 0 aliphatic carbocycles. The molecule has 0 radical (unpaired) electrons. The van der Waals surface area contributed by atoms with E-state index in [1.807, 2.05) is 45.0 Å². The fourth-order valence-electron chi connectivity index (χ4n) is 5.11. The zero-order valence-electron chi connectivity index (χ0n) is 25.4. The van der Waals surface area contributed by atoms with Crippen molar-refractivity contribution in [1.29, 1.82) is 0 Å². The van der Waals surface area contributed by atoms with E-state index in [0.29, 0.717) is 25.3 Å². The van der Waals surface area contributed by atoms with Gasteiger partial charge in [0.25, 0.3) is 5.91 Å². The van der Waals surface area contributed by atoms with Crippen LogP contribution in [0.5, 0.6) is 0 Å². The number of rotatable bonds is 11. The summed E-state index contributed by atoms with van der Waals surface area (Å²) < 4.78 is 12.5. The Balaban J connectivity index is 2.01. The van der Waals surface area contributed by atoms with Crippen molar-refractivity contribution in [3.8, 4) is 5.69 Å². The summed E-state index contributed by atoms with van der Waals surface area (Å²) in [5.41, 5.74) is 2.05. The molecule has 11 heteroatoms. The first-order chi connectivity index (χ1) is 19.3. The molecule has 2 aromatic rings. The highest BCUT2D eigenvalue weighted by molar-refractivity contribution is 5.94. The second-order valence-electron chi connectivity index (χ2n) is 12.2. The Morgan fingerprint density at radius 3 is 2.46 bits per heavy atom. The minimum atomic E-state index is -1.01. The van der Waals surface area contributed by atoms with Gasteiger partial charge >= 0.3 is 12.1 Å². The number of amides is 2. The highest BCUT2D eigenvalue weighted by Crippen LogP contribution is 2.27. The summed E-state index contributed by atoms with van der Waals surface area (Å²) in [4.78, 5) is 42.5. The lowest BCUT2D eigenvalue weighted by Crippen LogP contribution is -2.56. The molecule has 1 N–H and O–H groups in total. The summed E-state index contributed by atoms with van der Waals surface area (Å²) in [6.07, 6.45) is 1.78. The second kappa shape index (κ2) is 13.9. The van der Waals surface area contributed by atoms with Gasteiger partial charge in [0, 0.05) is 33.4 Å². The van der Waals surface area contributed by atoms with Crippen molar-refractivity contribution in [1.82, 2.24) is 24.8 Å². The van der Waals surface area contributed by atoms with Crippen molar-refractivity contribution >= 4 is 18.0 Å². The predicted molar refractivity (Wildman–Crippen MR) is 154 cm³/mol. The molecule has 1 aromatic carbocycles. The molecule has 2 atom stereocenters. The summed E-state index contributed by atoms with van der Waals surface area (Å²) in [6, 6.07) is 7.27. The average Bonchev–Trinajstić information content (AvgIpc) is 3.31. The minimum Gasteiger partial charge on any atom is -0.481 e. The number of hydrogen-bond acceptors (Lipinski definition) is 7. The van der Waals surface area contributed by atoms with Gasteiger partial charge in [-0.1, -0.05) is 37.3 Å². The maximum Gasteiger partial charge on any atom is 0.410 e. The smallest absolute Gasteiger partial charge is 0.410 e. The van der Waals surface area contributed by atoms with Crippen LogP contribution in [0.1, 0.15) is 75.6 Å². The van der Waals surface area contributed by atoms with Gasteiger partial charge in [-0.2, -0.15) is 0 Å². The number of aliphatic carboxylic acids is 1. The molecule has 2 heterocycles. The first-order valence-electron chi connectivity index (χ1n) is 14.3. The van der Waals surface area contributed by atoms with E-state index in [2.05, 4.69) is 10.3 Å². The van der Waals surface area contributed by atoms with Gasteiger partial charge in [-0.3, -0.25) is 9.59 Å². The first-order valence-corrected chi connectivity index (χ1v) is 14.3. The van der Waals surface area contributed by atoms with Crippen molar-refractivity contribution in [3.05, 3.63) is 41.2 Å². The largest absolute Gasteiger partial charge is 0.481 e. The van der Waals surface area contributed by atoms with Gasteiger partial charge in [-0.15, -0.1) is 5.10 Å². The van der Waals surface area contributed by atoms with E-state index < -0.39 is 29.6 Å². The standard InChI is InChI=1S/C30H45N5O6/c1-20(2)17-34(23-16-22(28(37)38)18-33(19-23)29(39)41-30(4,5)6)27(36)26-25(14-10-11-15-40-7)35(32-31-26)24-13-9-8-12-21(24)3/h8-9,12-13,20,22-23H,10-11,14-19H2,1-7H3,(H,37,38)/t22-,23+/m1/s1. The monoisotopic (exact) mass is 571 g/mol. The van der Waals surface area contributed by atoms with Crippen LogP contribution in [0.3, 0.4) is 0 Å². The Bertz CT molecular complexity index is 1200. The third-order valence-electron chi connectivity index (χ3n) is 7.01. The molecular weight excluding hydrogens is 526 g/mol. The minimum absolute atomic E-state index is 0.0265. The summed E-state index contributed by atoms with van der Waals surface area (Å²) in [5, 5.41) is 18.7. The number of aryl methyl sites for hydroxylation is 1. The van der Waals surface area contributed by atoms with Gasteiger partial charge in [0.05, 0.1) is 23.3 Å². The van der Waals surface area contributed by atoms with Gasteiger partial charge in [0.15, 0.2) is 5.69 Å². The zero-order chi connectivity index (χ0) is 30.3. The van der Waals surface area contributed by atoms with E-state index in [1.54, 1.807) is 37.5 Å². The van der Waals surface area contributed by atoms with Gasteiger partial charge < -0.3 is 24.4 Å². The number of aromatic nitrogens is 3. The number of hydrogen-bond donors (Lipinski definition) is 1. The van der Waals surface area contributed by atoms with Crippen molar-refractivity contribution in [2.24, 2.45) is 11.8 Å². The van der Waals surface area contributed by atoms with Crippen LogP contribution >= 0.6 is 0 Å². The Kier molecular flexibility index (Phi) is 10.9. The highest BCUT2D eigenvalue weighted by atomic mass is 16.6. The normalized spacial score (nSPS) is 17.5. The molecule has 0 saturated carbocycles. The van der Waals surface area contributed by atoms with E-state index >= 15 is 0 Å². The van der Waals surface area contributed by atoms with Crippen molar-refractivity contribution in [3.63, 3.8) is 0 Å². The van der Waals surface area contributed by atoms with Crippen molar-refractivity contribution < 1.29 is 29.0 Å². The number of methoxy groups -OCH3 is 1. The van der Waals surface area contributed by atoms with E-state index in [0.717, 1.165) is 24.1 Å². The van der Waals surface area contributed by atoms with E-state index in [4.69, 9.17) is 9.47 Å². The lowest BCUT2D eigenvalue weighted by molar-refractivity contribution is -0.144. The fraction of sp³-hybridized carbons (Fsp3) is 0.633. The third kappa shape index (κ3) is 8.51. The van der Waals surface area contributed by atoms with Crippen LogP contribution in [-0.2, 0) is 20.7 Å². The molecule has 0 unspecified atom stereocenters. The molecule has 1 aliphatic rings. The van der Waals surface area contributed by atoms with Crippen LogP contribution in [-0.4, -0.2) is 92.9 Å². The predicted octanol–water partition coefficient (Wildman–Crippen LogP) is 4.35. The van der Waals surface area contributed by atoms with Crippen molar-refractivity contribution in [2.75, 3.05) is 33.4 Å². The van der Waals surface area contributed by atoms with Crippen LogP contribution < -0.4 is 0 Å². The second-order valence-corrected chi connectivity index (χ2v) is 12.2. The fourth-order valence-corrected chi connectivity index (χ4v) is 5.11. The molecule has 1 aromatic heterocycles. The molecule has 3 rings (SSSR count). The van der Waals surface area contributed by atoms with Crippen LogP contribution in [0.15, 0.2) is 24.3 Å². The number of ether oxygens (including phenoxy) is 2. The quantitative estimate of drug-likeness (QED) is 0.395. The third-order valence-corrected chi connectivity index (χ3v) is 7.01. The summed E-state index contributed by atoms with van der Waals surface area (Å²) in [7, 11) is 1.66. The summed E-state index contributed by atoms with van der Waals surface area (Å²) in [5.74, 6) is -2.07. The molecule has 226 valence electrons. The van der Waals surface area contributed by atoms with Gasteiger partial charge in [-0.05, 0) is 70.9 Å². The van der Waals surface area contributed by atoms with Gasteiger partial charge in [0.2, 0.25) is 0 Å². The Morgan fingerprint density at radius 2 is 1.85 bits per heavy atom. The lowest BCUT2D eigenvalue weighted by Gasteiger charge is -2.42. The summed E-state index contributed by atoms with van der Waals surface area (Å²) >= 11 is 0. The Hall–Kier alpha value is -3.47. The van der Waals surface area contributed by atoms with Crippen LogP contribution in [0, 0.1) is 18.8 Å². The number of carboxylic acids is 1. The van der Waals surface area contributed by atoms with Gasteiger partial charge in [0.1, 0.15) is 5.60 Å². The maximum absolute atomic E-state index is 14.3. The van der Waals surface area contributed by atoms with E-state index in [9.17, 15) is 19.5 Å². The molecule has 1 saturated heterocycles. The zero-order valence-corrected chi connectivity index (χ0v) is 25.4. The van der Waals surface area contributed by atoms with E-state index in [-0.39, 0.29) is 37.0 Å². The van der Waals surface area contributed by atoms with Crippen molar-refractivity contribution in [2.45, 2.75) is 78.9 Å². The number of carboxylic acid groups (broad SMARTS) is 1. The number of piperidine rings is 1. The molecule has 1 fully saturated rings. The number of carbonyl (C=O) groups is 3. The number of benzene rings is 1. The number of unbranched alkanes of at least 4 members (excludes halogenated alkanes) is 1. The number of carbonyl (C=O) groups excluding carboxylic acids is 2. The molecule has 2 amide bonds. The number of nitrogens with zero attached hydrogens (tertiary/aromatic N) is 5. The lowest BCUT2D eigenvalue weighted by atomic mass is 9.92. The maximum atomic E-state index is 14.3. The molecule has 1 aliphatic heterocycles. The molecule has 0 spiro atoms. The molecule has 11 nitrogen and oxygen atoms in total. The molecule has 41 heavy (non-hydrogen) atoms.